The fourth-order valence-corrected chi connectivity index (χ4v) is 0. The topological polar surface area (TPSA) is 94.5 Å². The van der Waals surface area contributed by atoms with Crippen LogP contribution in [-0.4, -0.2) is 94.6 Å². The number of hydrogen-bond donors (Lipinski definition) is 0. The molecule has 0 bridgehead atoms. The Hall–Kier alpha value is 2.44. The summed E-state index contributed by atoms with van der Waals surface area (Å²) in [4.78, 5) is 0. The van der Waals surface area contributed by atoms with Crippen molar-refractivity contribution in [2.75, 3.05) is 0 Å². The molecule has 0 unspecified atom stereocenters. The van der Waals surface area contributed by atoms with Crippen molar-refractivity contribution >= 4 is 78.2 Å². The maximum Gasteiger partial charge on any atom is 0.316 e. The normalized spacial score (nSPS) is 0. The molecule has 0 saturated heterocycles. The van der Waals surface area contributed by atoms with Gasteiger partial charge in [0.25, 0.3) is 0 Å². The van der Waals surface area contributed by atoms with Crippen LogP contribution in [0, 0.1) is 0 Å². The summed E-state index contributed by atoms with van der Waals surface area (Å²) in [5, 5.41) is 0. The summed E-state index contributed by atoms with van der Waals surface area (Å²) in [5.41, 5.74) is 0. The van der Waals surface area contributed by atoms with Gasteiger partial charge in [0.15, 0.2) is 17.4 Å². The van der Waals surface area contributed by atoms with E-state index in [9.17, 15) is 0 Å². The summed E-state index contributed by atoms with van der Waals surface area (Å²) in [6.07, 6.45) is 0. The first-order chi connectivity index (χ1) is 0. The molecule has 0 spiro atoms. The van der Waals surface area contributed by atoms with Crippen LogP contribution in [0.5, 0.6) is 0 Å². The summed E-state index contributed by atoms with van der Waals surface area (Å²) in [6, 6.07) is 0. The molecule has 0 aromatic carbocycles. The molecule has 0 fully saturated rings. The minimum atomic E-state index is 0. The summed E-state index contributed by atoms with van der Waals surface area (Å²) >= 11 is 0. The monoisotopic (exact) mass is 152 g/mol. The first-order valence-corrected chi connectivity index (χ1v) is 0. The van der Waals surface area contributed by atoms with Gasteiger partial charge in [0.1, 0.15) is 0 Å². The maximum atomic E-state index is 0. The molecule has 0 radical (unpaired) electrons. The van der Waals surface area contributed by atoms with Crippen molar-refractivity contribution in [2.24, 2.45) is 0 Å². The van der Waals surface area contributed by atoms with E-state index in [4.69, 9.17) is 0 Å². The van der Waals surface area contributed by atoms with E-state index < -0.39 is 0 Å². The molecule has 0 aromatic heterocycles. The molecular formula is H13AlCaMgO3. The molecule has 0 rings (SSSR count). The summed E-state index contributed by atoms with van der Waals surface area (Å²) in [5.74, 6) is 0. The number of hydrogen-bond acceptors (Lipinski definition) is 0. The predicted octanol–water partition coefficient (Wildman–Crippen LogP) is -5.49. The van der Waals surface area contributed by atoms with E-state index in [1.165, 1.54) is 0 Å². The Morgan fingerprint density at radius 1 is 0.667 bits per heavy atom. The van der Waals surface area contributed by atoms with Gasteiger partial charge in [-0.15, -0.1) is 0 Å². The van der Waals surface area contributed by atoms with Crippen molar-refractivity contribution < 1.29 is 16.4 Å². The van der Waals surface area contributed by atoms with Gasteiger partial charge >= 0.3 is 60.8 Å². The maximum absolute atomic E-state index is 0. The van der Waals surface area contributed by atoms with E-state index in [0.29, 0.717) is 0 Å². The van der Waals surface area contributed by atoms with Gasteiger partial charge in [-0.25, -0.2) is 0 Å². The molecule has 6 heavy (non-hydrogen) atoms. The van der Waals surface area contributed by atoms with Crippen molar-refractivity contribution in [2.45, 2.75) is 0 Å². The summed E-state index contributed by atoms with van der Waals surface area (Å²) < 4.78 is 0. The van der Waals surface area contributed by atoms with Crippen molar-refractivity contribution in [1.29, 1.82) is 0 Å². The fraction of sp³-hybridized carbons (Fsp3) is 0. The second kappa shape index (κ2) is 51.9. The van der Waals surface area contributed by atoms with Crippen LogP contribution in [0.4, 0.5) is 0 Å². The molecule has 0 aliphatic carbocycles. The smallest absolute Gasteiger partial charge is 0.316 e. The van der Waals surface area contributed by atoms with Gasteiger partial charge in [0, 0.05) is 0 Å². The van der Waals surface area contributed by atoms with Gasteiger partial charge in [-0.3, -0.25) is 0 Å². The van der Waals surface area contributed by atoms with Gasteiger partial charge in [0.2, 0.25) is 0 Å². The molecular weight excluding hydrogens is 139 g/mol. The number of rotatable bonds is 0. The molecule has 0 aromatic rings. The van der Waals surface area contributed by atoms with Crippen LogP contribution in [0.25, 0.3) is 0 Å². The molecule has 0 heterocycles. The van der Waals surface area contributed by atoms with Crippen molar-refractivity contribution in [3.63, 3.8) is 0 Å². The van der Waals surface area contributed by atoms with Crippen LogP contribution in [0.2, 0.25) is 0 Å². The Morgan fingerprint density at radius 3 is 0.667 bits per heavy atom. The average molecular weight is 152 g/mol. The minimum Gasteiger partial charge on any atom is 0.316 e. The van der Waals surface area contributed by atoms with Crippen LogP contribution < -0.4 is 0 Å². The third-order valence-corrected chi connectivity index (χ3v) is 0. The third kappa shape index (κ3) is 32.0. The Bertz CT molecular complexity index is 10.8. The predicted molar refractivity (Wildman–Crippen MR) is 37.9 cm³/mol. The average Bonchev–Trinajstić information content (AvgIpc) is 0. The Kier molecular flexibility index (Phi) is 679. The Morgan fingerprint density at radius 2 is 0.667 bits per heavy atom. The molecule has 0 saturated carbocycles. The summed E-state index contributed by atoms with van der Waals surface area (Å²) in [6.45, 7) is 0. The van der Waals surface area contributed by atoms with E-state index in [0.717, 1.165) is 0 Å². The molecule has 6 N–H and O–H groups in total. The molecule has 0 aliphatic rings. The molecule has 0 atom stereocenters. The molecule has 0 aliphatic heterocycles. The van der Waals surface area contributed by atoms with E-state index in [-0.39, 0.29) is 94.6 Å². The van der Waals surface area contributed by atoms with Crippen molar-refractivity contribution in [3.8, 4) is 0 Å². The SMILES string of the molecule is O.O.O.[AlH3].[CaH2].[MgH2]. The Balaban J connectivity index is 0. The van der Waals surface area contributed by atoms with E-state index >= 15 is 0 Å². The van der Waals surface area contributed by atoms with Crippen LogP contribution >= 0.6 is 0 Å². The fourth-order valence-electron chi connectivity index (χ4n) is 0. The second-order valence-electron chi connectivity index (χ2n) is 0. The molecule has 3 nitrogen and oxygen atoms in total. The third-order valence-electron chi connectivity index (χ3n) is 0. The molecule has 0 amide bonds. The largest absolute Gasteiger partial charge is 0.316 e. The zero-order chi connectivity index (χ0) is 0. The van der Waals surface area contributed by atoms with E-state index in [1.54, 1.807) is 0 Å². The second-order valence-corrected chi connectivity index (χ2v) is 0. The summed E-state index contributed by atoms with van der Waals surface area (Å²) in [7, 11) is 0. The van der Waals surface area contributed by atoms with Gasteiger partial charge in [0.05, 0.1) is 0 Å². The quantitative estimate of drug-likeness (QED) is 0.310. The van der Waals surface area contributed by atoms with Crippen LogP contribution in [0.3, 0.4) is 0 Å². The zero-order valence-electron chi connectivity index (χ0n) is 1.50. The van der Waals surface area contributed by atoms with E-state index in [1.807, 2.05) is 0 Å². The minimum absolute atomic E-state index is 0. The first-order valence-electron chi connectivity index (χ1n) is 0. The van der Waals surface area contributed by atoms with Crippen LogP contribution in [0.15, 0.2) is 0 Å². The standard InChI is InChI=1S/Al.Ca.Mg.3H2O.7H/h;;;3*1H2;;;;;;;. The van der Waals surface area contributed by atoms with Gasteiger partial charge < -0.3 is 16.4 Å². The molecule has 38 valence electrons. The van der Waals surface area contributed by atoms with Gasteiger partial charge in [-0.2, -0.15) is 0 Å². The first kappa shape index (κ1) is 78.5. The zero-order valence-corrected chi connectivity index (χ0v) is 1.50. The van der Waals surface area contributed by atoms with Gasteiger partial charge in [-0.05, 0) is 0 Å². The molecule has 6 heteroatoms. The van der Waals surface area contributed by atoms with Crippen LogP contribution in [0.1, 0.15) is 0 Å². The Labute approximate surface area is 93.1 Å². The van der Waals surface area contributed by atoms with Crippen LogP contribution in [-0.2, 0) is 0 Å². The van der Waals surface area contributed by atoms with E-state index in [2.05, 4.69) is 0 Å². The van der Waals surface area contributed by atoms with Crippen molar-refractivity contribution in [1.82, 2.24) is 0 Å². The van der Waals surface area contributed by atoms with Gasteiger partial charge in [-0.1, -0.05) is 0 Å². The van der Waals surface area contributed by atoms with Crippen molar-refractivity contribution in [3.05, 3.63) is 0 Å².